The van der Waals surface area contributed by atoms with Crippen molar-refractivity contribution in [3.8, 4) is 0 Å². The van der Waals surface area contributed by atoms with E-state index in [9.17, 15) is 4.79 Å². The Balaban J connectivity index is 2.12. The molecular formula is C16H22BNO3. The predicted octanol–water partition coefficient (Wildman–Crippen LogP) is 1.79. The summed E-state index contributed by atoms with van der Waals surface area (Å²) in [6.45, 7) is 12.0. The van der Waals surface area contributed by atoms with Crippen molar-refractivity contribution in [2.75, 3.05) is 0 Å². The van der Waals surface area contributed by atoms with Gasteiger partial charge in [-0.05, 0) is 44.8 Å². The highest BCUT2D eigenvalue weighted by Gasteiger charge is 2.51. The SMILES string of the molecule is C=CC(=O)NCc1cccc(B2OC(C)(C)C(C)(C)O2)c1. The minimum atomic E-state index is -0.384. The number of rotatable bonds is 4. The summed E-state index contributed by atoms with van der Waals surface area (Å²) in [6.07, 6.45) is 1.26. The highest BCUT2D eigenvalue weighted by atomic mass is 16.7. The standard InChI is InChI=1S/C16H22BNO3/c1-6-14(19)18-11-12-8-7-9-13(10-12)17-20-15(2,3)16(4,5)21-17/h6-10H,1,11H2,2-5H3,(H,18,19). The number of carbonyl (C=O) groups excluding carboxylic acids is 1. The van der Waals surface area contributed by atoms with E-state index in [1.54, 1.807) is 0 Å². The third-order valence-electron chi connectivity index (χ3n) is 4.13. The maximum absolute atomic E-state index is 11.2. The van der Waals surface area contributed by atoms with Gasteiger partial charge in [0, 0.05) is 6.54 Å². The van der Waals surface area contributed by atoms with Crippen molar-refractivity contribution in [3.05, 3.63) is 42.5 Å². The Hall–Kier alpha value is -1.59. The zero-order chi connectivity index (χ0) is 15.7. The number of amides is 1. The van der Waals surface area contributed by atoms with Crippen LogP contribution < -0.4 is 10.8 Å². The molecule has 0 spiro atoms. The van der Waals surface area contributed by atoms with Crippen molar-refractivity contribution in [1.29, 1.82) is 0 Å². The minimum Gasteiger partial charge on any atom is -0.399 e. The van der Waals surface area contributed by atoms with Crippen LogP contribution in [0.4, 0.5) is 0 Å². The van der Waals surface area contributed by atoms with Crippen LogP contribution in [-0.2, 0) is 20.6 Å². The van der Waals surface area contributed by atoms with Gasteiger partial charge in [0.05, 0.1) is 11.2 Å². The number of carbonyl (C=O) groups is 1. The number of hydrogen-bond acceptors (Lipinski definition) is 3. The molecule has 21 heavy (non-hydrogen) atoms. The molecule has 5 heteroatoms. The molecule has 4 nitrogen and oxygen atoms in total. The third-order valence-corrected chi connectivity index (χ3v) is 4.13. The lowest BCUT2D eigenvalue weighted by Crippen LogP contribution is -2.41. The highest BCUT2D eigenvalue weighted by molar-refractivity contribution is 6.62. The summed E-state index contributed by atoms with van der Waals surface area (Å²) in [5.41, 5.74) is 1.24. The van der Waals surface area contributed by atoms with E-state index >= 15 is 0 Å². The average molecular weight is 287 g/mol. The first-order chi connectivity index (χ1) is 9.75. The summed E-state index contributed by atoms with van der Waals surface area (Å²) in [7, 11) is -0.384. The fraction of sp³-hybridized carbons (Fsp3) is 0.438. The number of benzene rings is 1. The summed E-state index contributed by atoms with van der Waals surface area (Å²) in [5, 5.41) is 2.76. The molecule has 1 N–H and O–H groups in total. The predicted molar refractivity (Wildman–Crippen MR) is 84.2 cm³/mol. The van der Waals surface area contributed by atoms with E-state index < -0.39 is 0 Å². The second kappa shape index (κ2) is 5.66. The van der Waals surface area contributed by atoms with Crippen molar-refractivity contribution in [3.63, 3.8) is 0 Å². The van der Waals surface area contributed by atoms with Crippen molar-refractivity contribution in [2.45, 2.75) is 45.4 Å². The molecule has 0 aromatic heterocycles. The zero-order valence-electron chi connectivity index (χ0n) is 13.1. The van der Waals surface area contributed by atoms with Crippen LogP contribution in [-0.4, -0.2) is 24.2 Å². The van der Waals surface area contributed by atoms with Gasteiger partial charge in [-0.1, -0.05) is 30.8 Å². The Morgan fingerprint density at radius 3 is 2.48 bits per heavy atom. The van der Waals surface area contributed by atoms with Crippen molar-refractivity contribution in [2.24, 2.45) is 0 Å². The Labute approximate surface area is 126 Å². The highest BCUT2D eigenvalue weighted by Crippen LogP contribution is 2.36. The molecule has 1 amide bonds. The molecule has 0 aliphatic carbocycles. The van der Waals surface area contributed by atoms with Gasteiger partial charge in [-0.2, -0.15) is 0 Å². The van der Waals surface area contributed by atoms with Gasteiger partial charge in [0.15, 0.2) is 0 Å². The average Bonchev–Trinajstić information content (AvgIpc) is 2.65. The lowest BCUT2D eigenvalue weighted by atomic mass is 9.78. The second-order valence-corrected chi connectivity index (χ2v) is 6.26. The molecule has 0 saturated carbocycles. The Kier molecular flexibility index (Phi) is 4.26. The van der Waals surface area contributed by atoms with Crippen LogP contribution >= 0.6 is 0 Å². The molecule has 1 aromatic carbocycles. The molecule has 0 bridgehead atoms. The van der Waals surface area contributed by atoms with E-state index in [-0.39, 0.29) is 24.2 Å². The van der Waals surface area contributed by atoms with Crippen LogP contribution in [0.3, 0.4) is 0 Å². The monoisotopic (exact) mass is 287 g/mol. The molecule has 0 radical (unpaired) electrons. The van der Waals surface area contributed by atoms with Crippen LogP contribution in [0.5, 0.6) is 0 Å². The molecule has 1 fully saturated rings. The lowest BCUT2D eigenvalue weighted by molar-refractivity contribution is -0.116. The molecule has 2 rings (SSSR count). The van der Waals surface area contributed by atoms with Crippen LogP contribution in [0.25, 0.3) is 0 Å². The van der Waals surface area contributed by atoms with Crippen LogP contribution in [0.15, 0.2) is 36.9 Å². The Morgan fingerprint density at radius 2 is 1.90 bits per heavy atom. The fourth-order valence-electron chi connectivity index (χ4n) is 2.09. The molecule has 0 atom stereocenters. The first-order valence-electron chi connectivity index (χ1n) is 7.10. The van der Waals surface area contributed by atoms with Crippen molar-refractivity contribution < 1.29 is 14.1 Å². The van der Waals surface area contributed by atoms with E-state index in [2.05, 4.69) is 11.9 Å². The first kappa shape index (κ1) is 15.8. The van der Waals surface area contributed by atoms with Crippen molar-refractivity contribution in [1.82, 2.24) is 5.32 Å². The minimum absolute atomic E-state index is 0.184. The molecule has 0 unspecified atom stereocenters. The lowest BCUT2D eigenvalue weighted by Gasteiger charge is -2.32. The van der Waals surface area contributed by atoms with Gasteiger partial charge in [-0.3, -0.25) is 4.79 Å². The van der Waals surface area contributed by atoms with Crippen LogP contribution in [0.2, 0.25) is 0 Å². The maximum atomic E-state index is 11.2. The van der Waals surface area contributed by atoms with E-state index in [0.717, 1.165) is 11.0 Å². The summed E-state index contributed by atoms with van der Waals surface area (Å²) < 4.78 is 12.1. The van der Waals surface area contributed by atoms with Gasteiger partial charge < -0.3 is 14.6 Å². The Morgan fingerprint density at radius 1 is 1.29 bits per heavy atom. The molecule has 1 heterocycles. The van der Waals surface area contributed by atoms with Crippen LogP contribution in [0.1, 0.15) is 33.3 Å². The largest absolute Gasteiger partial charge is 0.494 e. The summed E-state index contributed by atoms with van der Waals surface area (Å²) >= 11 is 0. The molecule has 112 valence electrons. The molecular weight excluding hydrogens is 265 g/mol. The quantitative estimate of drug-likeness (QED) is 0.678. The van der Waals surface area contributed by atoms with Gasteiger partial charge in [0.25, 0.3) is 0 Å². The topological polar surface area (TPSA) is 47.6 Å². The van der Waals surface area contributed by atoms with Gasteiger partial charge in [0.1, 0.15) is 0 Å². The van der Waals surface area contributed by atoms with Crippen LogP contribution in [0, 0.1) is 0 Å². The van der Waals surface area contributed by atoms with Crippen molar-refractivity contribution >= 4 is 18.5 Å². The smallest absolute Gasteiger partial charge is 0.399 e. The second-order valence-electron chi connectivity index (χ2n) is 6.26. The van der Waals surface area contributed by atoms with Gasteiger partial charge >= 0.3 is 7.12 Å². The fourth-order valence-corrected chi connectivity index (χ4v) is 2.09. The van der Waals surface area contributed by atoms with E-state index in [1.165, 1.54) is 6.08 Å². The van der Waals surface area contributed by atoms with Gasteiger partial charge in [-0.15, -0.1) is 0 Å². The third kappa shape index (κ3) is 3.36. The van der Waals surface area contributed by atoms with E-state index in [4.69, 9.17) is 9.31 Å². The molecule has 1 aliphatic heterocycles. The summed E-state index contributed by atoms with van der Waals surface area (Å²) in [5.74, 6) is -0.184. The molecule has 1 aromatic rings. The van der Waals surface area contributed by atoms with Gasteiger partial charge in [-0.25, -0.2) is 0 Å². The van der Waals surface area contributed by atoms with E-state index in [0.29, 0.717) is 6.54 Å². The summed E-state index contributed by atoms with van der Waals surface area (Å²) in [6, 6.07) is 7.86. The van der Waals surface area contributed by atoms with E-state index in [1.807, 2.05) is 52.0 Å². The van der Waals surface area contributed by atoms with Gasteiger partial charge in [0.2, 0.25) is 5.91 Å². The molecule has 1 saturated heterocycles. The Bertz CT molecular complexity index is 538. The first-order valence-corrected chi connectivity index (χ1v) is 7.10. The molecule has 1 aliphatic rings. The summed E-state index contributed by atoms with van der Waals surface area (Å²) in [4.78, 5) is 11.2. The zero-order valence-corrected chi connectivity index (χ0v) is 13.1. The maximum Gasteiger partial charge on any atom is 0.494 e. The number of nitrogens with one attached hydrogen (secondary N) is 1. The number of hydrogen-bond donors (Lipinski definition) is 1. The normalized spacial score (nSPS) is 19.3.